The number of H-pyrrole nitrogens is 1. The lowest BCUT2D eigenvalue weighted by atomic mass is 10.1. The van der Waals surface area contributed by atoms with Crippen LogP contribution in [0.25, 0.3) is 27.6 Å². The molecule has 0 bridgehead atoms. The van der Waals surface area contributed by atoms with Crippen LogP contribution in [0, 0.1) is 0 Å². The smallest absolute Gasteiger partial charge is 0.163 e. The number of hydrazine groups is 1. The van der Waals surface area contributed by atoms with E-state index in [4.69, 9.17) is 30.5 Å². The monoisotopic (exact) mass is 584 g/mol. The molecule has 5 rings (SSSR count). The number of methoxy groups -OCH3 is 2. The highest BCUT2D eigenvalue weighted by molar-refractivity contribution is 5.93. The van der Waals surface area contributed by atoms with Gasteiger partial charge in [0.2, 0.25) is 0 Å². The largest absolute Gasteiger partial charge is 0.487 e. The number of nitrogens with zero attached hydrogens (tertiary/aromatic N) is 4. The van der Waals surface area contributed by atoms with Crippen molar-refractivity contribution in [3.05, 3.63) is 84.6 Å². The van der Waals surface area contributed by atoms with Gasteiger partial charge in [0.05, 0.1) is 41.5 Å². The standard InChI is InChI=1S/C31H36N8O4/c1-20(30-37-25-9-4-5-10-26(25)38-30)39(33)18-24(32)21-7-6-8-22(15-21)36-31-23-16-28(42-13-11-40-2)29(43-14-12-41-3)17-27(23)34-19-35-31/h4-10,15-20H,11-14,32-33H2,1-3H3,(H,37,38)(H,34,35,36)/b24-18-. The van der Waals surface area contributed by atoms with Crippen molar-refractivity contribution in [1.82, 2.24) is 24.9 Å². The Morgan fingerprint density at radius 1 is 0.930 bits per heavy atom. The summed E-state index contributed by atoms with van der Waals surface area (Å²) in [6.45, 7) is 3.57. The van der Waals surface area contributed by atoms with Crippen LogP contribution < -0.4 is 26.4 Å². The first kappa shape index (κ1) is 29.6. The number of ether oxygens (including phenoxy) is 4. The van der Waals surface area contributed by atoms with Gasteiger partial charge in [-0.3, -0.25) is 0 Å². The van der Waals surface area contributed by atoms with Crippen LogP contribution in [0.1, 0.15) is 24.4 Å². The quantitative estimate of drug-likeness (QED) is 0.0827. The minimum absolute atomic E-state index is 0.233. The molecule has 12 nitrogen and oxygen atoms in total. The molecule has 2 aromatic heterocycles. The maximum absolute atomic E-state index is 6.49. The fourth-order valence-electron chi connectivity index (χ4n) is 4.43. The number of nitrogens with one attached hydrogen (secondary N) is 2. The van der Waals surface area contributed by atoms with E-state index in [0.29, 0.717) is 55.0 Å². The van der Waals surface area contributed by atoms with E-state index >= 15 is 0 Å². The fourth-order valence-corrected chi connectivity index (χ4v) is 4.43. The molecule has 0 spiro atoms. The molecule has 1 atom stereocenters. The summed E-state index contributed by atoms with van der Waals surface area (Å²) in [5, 5.41) is 5.69. The number of imidazole rings is 1. The summed E-state index contributed by atoms with van der Waals surface area (Å²) in [6.07, 6.45) is 3.20. The predicted molar refractivity (Wildman–Crippen MR) is 167 cm³/mol. The van der Waals surface area contributed by atoms with Crippen LogP contribution in [0.2, 0.25) is 0 Å². The van der Waals surface area contributed by atoms with Gasteiger partial charge in [0.25, 0.3) is 0 Å². The molecule has 12 heteroatoms. The van der Waals surface area contributed by atoms with E-state index in [-0.39, 0.29) is 6.04 Å². The molecule has 0 saturated carbocycles. The number of hydrogen-bond donors (Lipinski definition) is 4. The minimum atomic E-state index is -0.233. The molecule has 0 aliphatic carbocycles. The van der Waals surface area contributed by atoms with Crippen molar-refractivity contribution in [1.29, 1.82) is 0 Å². The van der Waals surface area contributed by atoms with Crippen LogP contribution in [0.3, 0.4) is 0 Å². The van der Waals surface area contributed by atoms with Crippen molar-refractivity contribution in [3.8, 4) is 11.5 Å². The summed E-state index contributed by atoms with van der Waals surface area (Å²) in [4.78, 5) is 16.9. The first-order chi connectivity index (χ1) is 21.0. The molecular formula is C31H36N8O4. The van der Waals surface area contributed by atoms with E-state index in [2.05, 4.69) is 25.3 Å². The minimum Gasteiger partial charge on any atom is -0.487 e. The molecule has 3 aromatic carbocycles. The molecule has 224 valence electrons. The Balaban J connectivity index is 1.37. The Hall–Kier alpha value is -4.91. The summed E-state index contributed by atoms with van der Waals surface area (Å²) in [5.74, 6) is 8.86. The highest BCUT2D eigenvalue weighted by atomic mass is 16.5. The van der Waals surface area contributed by atoms with E-state index in [1.54, 1.807) is 25.4 Å². The van der Waals surface area contributed by atoms with Crippen LogP contribution in [0.15, 0.2) is 73.2 Å². The molecule has 0 saturated heterocycles. The molecule has 0 aliphatic rings. The summed E-state index contributed by atoms with van der Waals surface area (Å²) < 4.78 is 22.1. The summed E-state index contributed by atoms with van der Waals surface area (Å²) in [6, 6.07) is 19.0. The maximum Gasteiger partial charge on any atom is 0.163 e. The third kappa shape index (κ3) is 7.12. The van der Waals surface area contributed by atoms with Crippen LogP contribution in [0.5, 0.6) is 11.5 Å². The van der Waals surface area contributed by atoms with Gasteiger partial charge in [-0.15, -0.1) is 0 Å². The van der Waals surface area contributed by atoms with E-state index < -0.39 is 0 Å². The van der Waals surface area contributed by atoms with Crippen LogP contribution >= 0.6 is 0 Å². The van der Waals surface area contributed by atoms with Crippen molar-refractivity contribution in [2.75, 3.05) is 46.0 Å². The molecule has 1 unspecified atom stereocenters. The third-order valence-corrected chi connectivity index (χ3v) is 6.79. The first-order valence-electron chi connectivity index (χ1n) is 13.8. The van der Waals surface area contributed by atoms with Crippen molar-refractivity contribution >= 4 is 39.1 Å². The lowest BCUT2D eigenvalue weighted by Crippen LogP contribution is -2.30. The van der Waals surface area contributed by atoms with Crippen molar-refractivity contribution in [2.45, 2.75) is 13.0 Å². The molecule has 0 amide bonds. The SMILES string of the molecule is COCCOc1cc2ncnc(Nc3cccc(/C(N)=C/N(N)C(C)c4nc5ccccc5[nH]4)c3)c2cc1OCCOC. The maximum atomic E-state index is 6.49. The second-order valence-corrected chi connectivity index (χ2v) is 9.77. The van der Waals surface area contributed by atoms with Gasteiger partial charge >= 0.3 is 0 Å². The van der Waals surface area contributed by atoms with Crippen molar-refractivity contribution < 1.29 is 18.9 Å². The van der Waals surface area contributed by atoms with Crippen LogP contribution in [0.4, 0.5) is 11.5 Å². The number of rotatable bonds is 14. The first-order valence-corrected chi connectivity index (χ1v) is 13.8. The number of anilines is 2. The zero-order valence-electron chi connectivity index (χ0n) is 24.4. The Labute approximate surface area is 249 Å². The fraction of sp³-hybridized carbons (Fsp3) is 0.258. The lowest BCUT2D eigenvalue weighted by Gasteiger charge is -2.21. The molecule has 6 N–H and O–H groups in total. The molecular weight excluding hydrogens is 548 g/mol. The van der Waals surface area contributed by atoms with E-state index in [1.165, 1.54) is 6.33 Å². The van der Waals surface area contributed by atoms with Gasteiger partial charge in [-0.05, 0) is 37.3 Å². The van der Waals surface area contributed by atoms with E-state index in [0.717, 1.165) is 33.5 Å². The number of para-hydroxylation sites is 2. The van der Waals surface area contributed by atoms with Gasteiger partial charge in [0.1, 0.15) is 31.2 Å². The second kappa shape index (κ2) is 13.8. The molecule has 0 aliphatic heterocycles. The number of aromatic amines is 1. The number of aromatic nitrogens is 4. The molecule has 0 radical (unpaired) electrons. The number of hydrogen-bond acceptors (Lipinski definition) is 11. The topological polar surface area (TPSA) is 159 Å². The molecule has 0 fully saturated rings. The molecule has 5 aromatic rings. The zero-order valence-corrected chi connectivity index (χ0v) is 24.4. The third-order valence-electron chi connectivity index (χ3n) is 6.79. The number of fused-ring (bicyclic) bond motifs is 2. The van der Waals surface area contributed by atoms with E-state index in [9.17, 15) is 0 Å². The number of benzene rings is 3. The summed E-state index contributed by atoms with van der Waals surface area (Å²) in [7, 11) is 3.25. The lowest BCUT2D eigenvalue weighted by molar-refractivity contribution is 0.132. The summed E-state index contributed by atoms with van der Waals surface area (Å²) >= 11 is 0. The average Bonchev–Trinajstić information content (AvgIpc) is 3.46. The van der Waals surface area contributed by atoms with Gasteiger partial charge in [-0.2, -0.15) is 0 Å². The highest BCUT2D eigenvalue weighted by Crippen LogP contribution is 2.35. The van der Waals surface area contributed by atoms with Gasteiger partial charge < -0.3 is 40.0 Å². The van der Waals surface area contributed by atoms with Crippen molar-refractivity contribution in [2.24, 2.45) is 11.6 Å². The zero-order chi connectivity index (χ0) is 30.2. The predicted octanol–water partition coefficient (Wildman–Crippen LogP) is 4.49. The Kier molecular flexibility index (Phi) is 9.52. The Morgan fingerprint density at radius 2 is 1.67 bits per heavy atom. The van der Waals surface area contributed by atoms with Gasteiger partial charge in [-0.25, -0.2) is 20.8 Å². The van der Waals surface area contributed by atoms with Gasteiger partial charge in [0, 0.05) is 43.1 Å². The van der Waals surface area contributed by atoms with Gasteiger partial charge in [0.15, 0.2) is 11.5 Å². The Morgan fingerprint density at radius 3 is 2.42 bits per heavy atom. The number of nitrogens with two attached hydrogens (primary N) is 2. The van der Waals surface area contributed by atoms with Crippen LogP contribution in [-0.2, 0) is 9.47 Å². The highest BCUT2D eigenvalue weighted by Gasteiger charge is 2.16. The van der Waals surface area contributed by atoms with Crippen molar-refractivity contribution in [3.63, 3.8) is 0 Å². The van der Waals surface area contributed by atoms with Crippen LogP contribution in [-0.4, -0.2) is 65.6 Å². The average molecular weight is 585 g/mol. The van der Waals surface area contributed by atoms with Gasteiger partial charge in [-0.1, -0.05) is 24.3 Å². The Bertz CT molecular complexity index is 1670. The molecule has 2 heterocycles. The second-order valence-electron chi connectivity index (χ2n) is 9.77. The molecule has 43 heavy (non-hydrogen) atoms. The van der Waals surface area contributed by atoms with E-state index in [1.807, 2.05) is 67.6 Å². The summed E-state index contributed by atoms with van der Waals surface area (Å²) in [5.41, 5.74) is 11.1. The normalized spacial score (nSPS) is 12.4.